The van der Waals surface area contributed by atoms with Gasteiger partial charge in [-0.1, -0.05) is 25.1 Å². The molecule has 5 heteroatoms. The van der Waals surface area contributed by atoms with E-state index >= 15 is 0 Å². The minimum atomic E-state index is 0.466. The van der Waals surface area contributed by atoms with E-state index in [4.69, 9.17) is 9.83 Å². The summed E-state index contributed by atoms with van der Waals surface area (Å²) in [5.41, 5.74) is 2.44. The molecule has 0 aliphatic carbocycles. The first-order valence-corrected chi connectivity index (χ1v) is 5.47. The van der Waals surface area contributed by atoms with Crippen LogP contribution in [0.3, 0.4) is 0 Å². The quantitative estimate of drug-likeness (QED) is 0.774. The van der Waals surface area contributed by atoms with Crippen molar-refractivity contribution in [2.24, 2.45) is 0 Å². The number of para-hydroxylation sites is 1. The molecule has 0 aliphatic rings. The van der Waals surface area contributed by atoms with Gasteiger partial charge in [0.2, 0.25) is 12.3 Å². The Balaban J connectivity index is 2.12. The smallest absolute Gasteiger partial charge is 0.235 e. The van der Waals surface area contributed by atoms with E-state index in [1.807, 2.05) is 31.2 Å². The van der Waals surface area contributed by atoms with Crippen LogP contribution in [0.4, 0.5) is 5.69 Å². The molecule has 0 saturated heterocycles. The van der Waals surface area contributed by atoms with Crippen LogP contribution in [0.1, 0.15) is 24.8 Å². The maximum Gasteiger partial charge on any atom is 0.235 e. The lowest BCUT2D eigenvalue weighted by molar-refractivity contribution is 0.502. The number of hydrogen-bond donors (Lipinski definition) is 2. The van der Waals surface area contributed by atoms with Crippen molar-refractivity contribution in [1.82, 2.24) is 10.2 Å². The molecule has 0 bridgehead atoms. The molecule has 0 atom stereocenters. The summed E-state index contributed by atoms with van der Waals surface area (Å²) in [5, 5.41) is 18.5. The largest absolute Gasteiger partial charge is 0.426 e. The van der Waals surface area contributed by atoms with Crippen LogP contribution in [0, 0.1) is 5.41 Å². The van der Waals surface area contributed by atoms with Crippen molar-refractivity contribution >= 4 is 11.4 Å². The molecule has 1 heterocycles. The maximum atomic E-state index is 7.88. The van der Waals surface area contributed by atoms with Gasteiger partial charge in [0.1, 0.15) is 0 Å². The fourth-order valence-electron chi connectivity index (χ4n) is 1.53. The van der Waals surface area contributed by atoms with Crippen LogP contribution in [0.5, 0.6) is 0 Å². The van der Waals surface area contributed by atoms with E-state index < -0.39 is 0 Å². The fourth-order valence-corrected chi connectivity index (χ4v) is 1.53. The van der Waals surface area contributed by atoms with Crippen molar-refractivity contribution in [2.45, 2.75) is 19.9 Å². The van der Waals surface area contributed by atoms with Crippen molar-refractivity contribution in [3.05, 3.63) is 42.1 Å². The molecule has 1 aromatic carbocycles. The van der Waals surface area contributed by atoms with Gasteiger partial charge in [-0.05, 0) is 12.5 Å². The number of anilines is 1. The Labute approximate surface area is 99.4 Å². The molecule has 17 heavy (non-hydrogen) atoms. The Bertz CT molecular complexity index is 493. The van der Waals surface area contributed by atoms with Crippen LogP contribution >= 0.6 is 0 Å². The number of benzene rings is 1. The number of nitrogens with zero attached hydrogens (tertiary/aromatic N) is 2. The predicted molar refractivity (Wildman–Crippen MR) is 65.2 cm³/mol. The van der Waals surface area contributed by atoms with E-state index in [1.54, 1.807) is 0 Å². The van der Waals surface area contributed by atoms with Crippen molar-refractivity contribution in [3.8, 4) is 0 Å². The van der Waals surface area contributed by atoms with Gasteiger partial charge in [0.25, 0.3) is 0 Å². The molecule has 2 rings (SSSR count). The second kappa shape index (κ2) is 5.25. The average Bonchev–Trinajstić information content (AvgIpc) is 2.89. The second-order valence-electron chi connectivity index (χ2n) is 3.56. The lowest BCUT2D eigenvalue weighted by atomic mass is 10.1. The number of aromatic nitrogens is 2. The molecule has 2 N–H and O–H groups in total. The number of hydrogen-bond acceptors (Lipinski definition) is 5. The average molecular weight is 230 g/mol. The van der Waals surface area contributed by atoms with Gasteiger partial charge in [0.15, 0.2) is 0 Å². The monoisotopic (exact) mass is 230 g/mol. The third-order valence-corrected chi connectivity index (χ3v) is 2.44. The third kappa shape index (κ3) is 2.69. The van der Waals surface area contributed by atoms with Crippen molar-refractivity contribution in [3.63, 3.8) is 0 Å². The van der Waals surface area contributed by atoms with Gasteiger partial charge in [-0.15, -0.1) is 10.2 Å². The van der Waals surface area contributed by atoms with Crippen molar-refractivity contribution < 1.29 is 4.42 Å². The van der Waals surface area contributed by atoms with Crippen LogP contribution in [0.25, 0.3) is 0 Å². The van der Waals surface area contributed by atoms with E-state index in [2.05, 4.69) is 15.5 Å². The van der Waals surface area contributed by atoms with Gasteiger partial charge in [0, 0.05) is 17.0 Å². The molecule has 0 radical (unpaired) electrons. The Kier molecular flexibility index (Phi) is 3.49. The highest BCUT2D eigenvalue weighted by Crippen LogP contribution is 2.17. The topological polar surface area (TPSA) is 74.8 Å². The highest BCUT2D eigenvalue weighted by molar-refractivity contribution is 6.02. The Morgan fingerprint density at radius 2 is 2.24 bits per heavy atom. The van der Waals surface area contributed by atoms with E-state index in [1.165, 1.54) is 6.39 Å². The first-order valence-electron chi connectivity index (χ1n) is 5.47. The summed E-state index contributed by atoms with van der Waals surface area (Å²) in [6, 6.07) is 7.73. The maximum absolute atomic E-state index is 7.88. The van der Waals surface area contributed by atoms with Crippen LogP contribution in [-0.4, -0.2) is 15.9 Å². The van der Waals surface area contributed by atoms with Gasteiger partial charge in [-0.25, -0.2) is 0 Å². The molecule has 0 fully saturated rings. The van der Waals surface area contributed by atoms with Crippen molar-refractivity contribution in [1.29, 1.82) is 5.41 Å². The zero-order chi connectivity index (χ0) is 12.1. The highest BCUT2D eigenvalue weighted by Gasteiger charge is 2.06. The number of rotatable bonds is 5. The normalized spacial score (nSPS) is 10.2. The summed E-state index contributed by atoms with van der Waals surface area (Å²) in [6.07, 6.45) is 2.01. The van der Waals surface area contributed by atoms with Gasteiger partial charge >= 0.3 is 0 Å². The van der Waals surface area contributed by atoms with E-state index in [0.29, 0.717) is 24.6 Å². The Morgan fingerprint density at radius 3 is 2.94 bits per heavy atom. The number of nitrogens with one attached hydrogen (secondary N) is 2. The summed E-state index contributed by atoms with van der Waals surface area (Å²) in [5.74, 6) is 0.530. The van der Waals surface area contributed by atoms with Crippen LogP contribution < -0.4 is 5.32 Å². The van der Waals surface area contributed by atoms with E-state index in [0.717, 1.165) is 11.3 Å². The van der Waals surface area contributed by atoms with Crippen molar-refractivity contribution in [2.75, 3.05) is 5.32 Å². The molecule has 0 aliphatic heterocycles. The van der Waals surface area contributed by atoms with Crippen LogP contribution in [0.15, 0.2) is 35.1 Å². The SMILES string of the molecule is CCC(=N)c1ccccc1NCc1nnco1. The standard InChI is InChI=1S/C12H14N4O/c1-2-10(13)9-5-3-4-6-11(9)14-7-12-16-15-8-17-12/h3-6,8,13-14H,2,7H2,1H3. The lowest BCUT2D eigenvalue weighted by Crippen LogP contribution is -2.06. The molecule has 0 spiro atoms. The summed E-state index contributed by atoms with van der Waals surface area (Å²) >= 11 is 0. The molecule has 88 valence electrons. The zero-order valence-corrected chi connectivity index (χ0v) is 9.60. The first kappa shape index (κ1) is 11.3. The molecule has 0 unspecified atom stereocenters. The molecule has 5 nitrogen and oxygen atoms in total. The second-order valence-corrected chi connectivity index (χ2v) is 3.56. The Hall–Kier alpha value is -2.17. The van der Waals surface area contributed by atoms with E-state index in [9.17, 15) is 0 Å². The van der Waals surface area contributed by atoms with Gasteiger partial charge in [-0.3, -0.25) is 0 Å². The lowest BCUT2D eigenvalue weighted by Gasteiger charge is -2.10. The van der Waals surface area contributed by atoms with Gasteiger partial charge in [0.05, 0.1) is 6.54 Å². The molecular formula is C12H14N4O. The summed E-state index contributed by atoms with van der Waals surface area (Å²) in [6.45, 7) is 2.44. The molecule has 0 saturated carbocycles. The first-order chi connectivity index (χ1) is 8.31. The fraction of sp³-hybridized carbons (Fsp3) is 0.250. The Morgan fingerprint density at radius 1 is 1.41 bits per heavy atom. The van der Waals surface area contributed by atoms with Crippen LogP contribution in [-0.2, 0) is 6.54 Å². The minimum Gasteiger partial charge on any atom is -0.426 e. The molecule has 2 aromatic rings. The van der Waals surface area contributed by atoms with Gasteiger partial charge < -0.3 is 15.1 Å². The highest BCUT2D eigenvalue weighted by atomic mass is 16.4. The van der Waals surface area contributed by atoms with Gasteiger partial charge in [-0.2, -0.15) is 0 Å². The summed E-state index contributed by atoms with van der Waals surface area (Å²) < 4.78 is 5.04. The third-order valence-electron chi connectivity index (χ3n) is 2.44. The summed E-state index contributed by atoms with van der Waals surface area (Å²) in [4.78, 5) is 0. The molecule has 1 aromatic heterocycles. The predicted octanol–water partition coefficient (Wildman–Crippen LogP) is 2.46. The molecular weight excluding hydrogens is 216 g/mol. The van der Waals surface area contributed by atoms with Crippen LogP contribution in [0.2, 0.25) is 0 Å². The van der Waals surface area contributed by atoms with E-state index in [-0.39, 0.29) is 0 Å². The minimum absolute atomic E-state index is 0.466. The summed E-state index contributed by atoms with van der Waals surface area (Å²) in [7, 11) is 0. The molecule has 0 amide bonds. The zero-order valence-electron chi connectivity index (χ0n) is 9.60.